The average molecular weight is 485 g/mol. The lowest BCUT2D eigenvalue weighted by Gasteiger charge is -2.35. The Kier molecular flexibility index (Phi) is 7.36. The van der Waals surface area contributed by atoms with Crippen molar-refractivity contribution < 1.29 is 9.53 Å². The van der Waals surface area contributed by atoms with Crippen molar-refractivity contribution in [1.82, 2.24) is 15.1 Å². The highest BCUT2D eigenvalue weighted by atomic mass is 35.5. The molecule has 1 fully saturated rings. The summed E-state index contributed by atoms with van der Waals surface area (Å²) in [5.41, 5.74) is 2.58. The van der Waals surface area contributed by atoms with E-state index in [2.05, 4.69) is 28.9 Å². The molecule has 2 aromatic carbocycles. The summed E-state index contributed by atoms with van der Waals surface area (Å²) in [4.78, 5) is 16.6. The Morgan fingerprint density at radius 1 is 1.00 bits per heavy atom. The summed E-state index contributed by atoms with van der Waals surface area (Å²) in [6.07, 6.45) is 0. The van der Waals surface area contributed by atoms with Gasteiger partial charge in [-0.1, -0.05) is 55.2 Å². The van der Waals surface area contributed by atoms with Crippen LogP contribution in [0.4, 0.5) is 5.82 Å². The van der Waals surface area contributed by atoms with Gasteiger partial charge in [0, 0.05) is 36.8 Å². The van der Waals surface area contributed by atoms with Gasteiger partial charge in [-0.15, -0.1) is 10.2 Å². The van der Waals surface area contributed by atoms with Crippen LogP contribution >= 0.6 is 23.2 Å². The SMILES string of the molecule is CC(C)c1ccccc1OCC(=O)N1CCN(c2ccc(-c3ccc(Cl)cc3Cl)nn2)CC1. The van der Waals surface area contributed by atoms with Crippen LogP contribution in [0.15, 0.2) is 54.6 Å². The number of aromatic nitrogens is 2. The third kappa shape index (κ3) is 5.57. The number of benzene rings is 2. The minimum atomic E-state index is -0.00739. The summed E-state index contributed by atoms with van der Waals surface area (Å²) < 4.78 is 5.85. The second-order valence-electron chi connectivity index (χ2n) is 8.25. The zero-order valence-electron chi connectivity index (χ0n) is 18.7. The van der Waals surface area contributed by atoms with Gasteiger partial charge >= 0.3 is 0 Å². The number of hydrogen-bond acceptors (Lipinski definition) is 5. The van der Waals surface area contributed by atoms with E-state index in [1.54, 1.807) is 12.1 Å². The zero-order valence-corrected chi connectivity index (χ0v) is 20.2. The average Bonchev–Trinajstić information content (AvgIpc) is 2.83. The third-order valence-electron chi connectivity index (χ3n) is 5.71. The zero-order chi connectivity index (χ0) is 23.4. The second kappa shape index (κ2) is 10.4. The number of ether oxygens (including phenoxy) is 1. The van der Waals surface area contributed by atoms with Crippen molar-refractivity contribution in [2.24, 2.45) is 0 Å². The van der Waals surface area contributed by atoms with Gasteiger partial charge in [-0.05, 0) is 47.9 Å². The molecule has 0 unspecified atom stereocenters. The van der Waals surface area contributed by atoms with Gasteiger partial charge in [0.2, 0.25) is 0 Å². The minimum Gasteiger partial charge on any atom is -0.483 e. The molecule has 1 saturated heterocycles. The van der Waals surface area contributed by atoms with Gasteiger partial charge < -0.3 is 14.5 Å². The molecule has 1 aliphatic rings. The van der Waals surface area contributed by atoms with E-state index in [4.69, 9.17) is 27.9 Å². The number of nitrogens with zero attached hydrogens (tertiary/aromatic N) is 4. The van der Waals surface area contributed by atoms with Gasteiger partial charge in [0.15, 0.2) is 12.4 Å². The van der Waals surface area contributed by atoms with Gasteiger partial charge in [-0.2, -0.15) is 0 Å². The Labute approximate surface area is 204 Å². The maximum Gasteiger partial charge on any atom is 0.260 e. The van der Waals surface area contributed by atoms with Gasteiger partial charge in [-0.25, -0.2) is 0 Å². The number of carbonyl (C=O) groups is 1. The molecule has 4 rings (SSSR count). The number of para-hydroxylation sites is 1. The fraction of sp³-hybridized carbons (Fsp3) is 0.320. The number of rotatable bonds is 6. The second-order valence-corrected chi connectivity index (χ2v) is 9.09. The van der Waals surface area contributed by atoms with Crippen molar-refractivity contribution in [2.45, 2.75) is 19.8 Å². The molecule has 3 aromatic rings. The quantitative estimate of drug-likeness (QED) is 0.474. The standard InChI is InChI=1S/C25H26Cl2N4O2/c1-17(2)19-5-3-4-6-23(19)33-16-25(32)31-13-11-30(12-14-31)24-10-9-22(28-29-24)20-8-7-18(26)15-21(20)27/h3-10,15,17H,11-14,16H2,1-2H3. The van der Waals surface area contributed by atoms with Crippen LogP contribution in [0, 0.1) is 0 Å². The van der Waals surface area contributed by atoms with Crippen LogP contribution in [-0.2, 0) is 4.79 Å². The van der Waals surface area contributed by atoms with E-state index in [0.717, 1.165) is 22.7 Å². The highest BCUT2D eigenvalue weighted by Crippen LogP contribution is 2.29. The first-order valence-electron chi connectivity index (χ1n) is 11.0. The Morgan fingerprint density at radius 2 is 1.76 bits per heavy atom. The first-order chi connectivity index (χ1) is 15.9. The highest BCUT2D eigenvalue weighted by Gasteiger charge is 2.23. The Morgan fingerprint density at radius 3 is 2.42 bits per heavy atom. The van der Waals surface area contributed by atoms with Gasteiger partial charge in [0.1, 0.15) is 5.75 Å². The molecule has 1 aromatic heterocycles. The summed E-state index contributed by atoms with van der Waals surface area (Å²) in [6, 6.07) is 17.0. The monoisotopic (exact) mass is 484 g/mol. The van der Waals surface area contributed by atoms with Crippen LogP contribution in [0.2, 0.25) is 10.0 Å². The van der Waals surface area contributed by atoms with Crippen molar-refractivity contribution in [3.05, 3.63) is 70.2 Å². The molecule has 0 aliphatic carbocycles. The van der Waals surface area contributed by atoms with E-state index in [1.807, 2.05) is 47.4 Å². The van der Waals surface area contributed by atoms with Crippen LogP contribution in [-0.4, -0.2) is 53.8 Å². The summed E-state index contributed by atoms with van der Waals surface area (Å²) >= 11 is 12.2. The molecule has 0 N–H and O–H groups in total. The van der Waals surface area contributed by atoms with Crippen LogP contribution in [0.3, 0.4) is 0 Å². The molecule has 1 amide bonds. The highest BCUT2D eigenvalue weighted by molar-refractivity contribution is 6.36. The summed E-state index contributed by atoms with van der Waals surface area (Å²) in [5, 5.41) is 9.82. The predicted molar refractivity (Wildman–Crippen MR) is 132 cm³/mol. The molecule has 1 aliphatic heterocycles. The fourth-order valence-electron chi connectivity index (χ4n) is 3.84. The number of anilines is 1. The number of halogens is 2. The third-order valence-corrected chi connectivity index (χ3v) is 6.25. The summed E-state index contributed by atoms with van der Waals surface area (Å²) in [7, 11) is 0. The molecule has 0 saturated carbocycles. The first kappa shape index (κ1) is 23.3. The molecule has 0 radical (unpaired) electrons. The van der Waals surface area contributed by atoms with E-state index in [1.165, 1.54) is 0 Å². The summed E-state index contributed by atoms with van der Waals surface area (Å²) in [6.45, 7) is 6.86. The van der Waals surface area contributed by atoms with Crippen LogP contribution in [0.25, 0.3) is 11.3 Å². The lowest BCUT2D eigenvalue weighted by Crippen LogP contribution is -2.50. The van der Waals surface area contributed by atoms with Gasteiger partial charge in [-0.3, -0.25) is 4.79 Å². The minimum absolute atomic E-state index is 0.00739. The molecule has 172 valence electrons. The van der Waals surface area contributed by atoms with Crippen molar-refractivity contribution in [1.29, 1.82) is 0 Å². The molecule has 8 heteroatoms. The number of hydrogen-bond donors (Lipinski definition) is 0. The smallest absolute Gasteiger partial charge is 0.260 e. The Balaban J connectivity index is 1.32. The molecule has 2 heterocycles. The van der Waals surface area contributed by atoms with Crippen molar-refractivity contribution in [2.75, 3.05) is 37.7 Å². The lowest BCUT2D eigenvalue weighted by molar-refractivity contribution is -0.133. The molecule has 6 nitrogen and oxygen atoms in total. The summed E-state index contributed by atoms with van der Waals surface area (Å²) in [5.74, 6) is 1.88. The predicted octanol–water partition coefficient (Wildman–Crippen LogP) is 5.30. The van der Waals surface area contributed by atoms with E-state index >= 15 is 0 Å². The normalized spacial score (nSPS) is 14.0. The van der Waals surface area contributed by atoms with Crippen molar-refractivity contribution in [3.8, 4) is 17.0 Å². The fourth-order valence-corrected chi connectivity index (χ4v) is 4.34. The van der Waals surface area contributed by atoms with E-state index in [-0.39, 0.29) is 12.5 Å². The molecule has 0 spiro atoms. The number of amides is 1. The largest absolute Gasteiger partial charge is 0.483 e. The molecule has 33 heavy (non-hydrogen) atoms. The lowest BCUT2D eigenvalue weighted by atomic mass is 10.0. The van der Waals surface area contributed by atoms with E-state index < -0.39 is 0 Å². The molecular formula is C25H26Cl2N4O2. The molecule has 0 atom stereocenters. The van der Waals surface area contributed by atoms with Crippen LogP contribution in [0.1, 0.15) is 25.3 Å². The van der Waals surface area contributed by atoms with Crippen molar-refractivity contribution in [3.63, 3.8) is 0 Å². The number of piperazine rings is 1. The van der Waals surface area contributed by atoms with E-state index in [9.17, 15) is 4.79 Å². The maximum absolute atomic E-state index is 12.7. The van der Waals surface area contributed by atoms with Gasteiger partial charge in [0.05, 0.1) is 10.7 Å². The van der Waals surface area contributed by atoms with E-state index in [0.29, 0.717) is 47.8 Å². The molecular weight excluding hydrogens is 459 g/mol. The van der Waals surface area contributed by atoms with Gasteiger partial charge in [0.25, 0.3) is 5.91 Å². The first-order valence-corrected chi connectivity index (χ1v) is 11.7. The van der Waals surface area contributed by atoms with Crippen LogP contribution < -0.4 is 9.64 Å². The molecule has 0 bridgehead atoms. The van der Waals surface area contributed by atoms with Crippen molar-refractivity contribution >= 4 is 34.9 Å². The topological polar surface area (TPSA) is 58.6 Å². The number of carbonyl (C=O) groups excluding carboxylic acids is 1. The maximum atomic E-state index is 12.7. The Hall–Kier alpha value is -2.83. The Bertz CT molecular complexity index is 1110. The van der Waals surface area contributed by atoms with Crippen LogP contribution in [0.5, 0.6) is 5.75 Å².